The Bertz CT molecular complexity index is 230. The van der Waals surface area contributed by atoms with E-state index in [-0.39, 0.29) is 11.3 Å². The van der Waals surface area contributed by atoms with Crippen molar-refractivity contribution in [3.63, 3.8) is 0 Å². The topological polar surface area (TPSA) is 17.1 Å². The van der Waals surface area contributed by atoms with Crippen LogP contribution in [0.1, 0.15) is 52.9 Å². The first-order valence-corrected chi connectivity index (χ1v) is 6.06. The smallest absolute Gasteiger partial charge is 0.136 e. The third-order valence-electron chi connectivity index (χ3n) is 2.93. The van der Waals surface area contributed by atoms with Crippen molar-refractivity contribution in [1.82, 2.24) is 0 Å². The van der Waals surface area contributed by atoms with E-state index in [4.69, 9.17) is 0 Å². The van der Waals surface area contributed by atoms with E-state index in [1.165, 1.54) is 12.8 Å². The molecular weight excluding hydrogens is 184 g/mol. The van der Waals surface area contributed by atoms with Gasteiger partial charge in [0.25, 0.3) is 0 Å². The zero-order valence-electron chi connectivity index (χ0n) is 10.4. The van der Waals surface area contributed by atoms with Gasteiger partial charge in [-0.15, -0.1) is 6.58 Å². The molecule has 1 nitrogen and oxygen atoms in total. The third-order valence-corrected chi connectivity index (χ3v) is 2.93. The standard InChI is InChI=1S/C14H24O/c1-5-6-12(9-11-7-8-11)13(15)10-14(2,3)4/h5,11-12H,1,6-10H2,2-4H3. The van der Waals surface area contributed by atoms with Gasteiger partial charge in [-0.1, -0.05) is 39.7 Å². The number of Topliss-reactive ketones (excluding diaryl/α,β-unsaturated/α-hetero) is 1. The average Bonchev–Trinajstić information content (AvgIpc) is 2.84. The molecule has 0 aromatic heterocycles. The Balaban J connectivity index is 2.45. The number of ketones is 1. The van der Waals surface area contributed by atoms with Crippen molar-refractivity contribution < 1.29 is 4.79 Å². The maximum absolute atomic E-state index is 12.1. The van der Waals surface area contributed by atoms with Crippen molar-refractivity contribution in [2.24, 2.45) is 17.3 Å². The Morgan fingerprint density at radius 1 is 1.47 bits per heavy atom. The molecule has 1 fully saturated rings. The molecule has 1 aliphatic carbocycles. The minimum atomic E-state index is 0.125. The lowest BCUT2D eigenvalue weighted by molar-refractivity contribution is -0.124. The van der Waals surface area contributed by atoms with E-state index in [2.05, 4.69) is 27.4 Å². The summed E-state index contributed by atoms with van der Waals surface area (Å²) in [5.74, 6) is 1.52. The van der Waals surface area contributed by atoms with Crippen LogP contribution < -0.4 is 0 Å². The van der Waals surface area contributed by atoms with Crippen molar-refractivity contribution >= 4 is 5.78 Å². The lowest BCUT2D eigenvalue weighted by Crippen LogP contribution is -2.21. The zero-order chi connectivity index (χ0) is 11.5. The van der Waals surface area contributed by atoms with Gasteiger partial charge in [-0.25, -0.2) is 0 Å². The average molecular weight is 208 g/mol. The Morgan fingerprint density at radius 2 is 2.07 bits per heavy atom. The fourth-order valence-electron chi connectivity index (χ4n) is 1.98. The molecule has 1 aliphatic rings. The highest BCUT2D eigenvalue weighted by Crippen LogP contribution is 2.37. The van der Waals surface area contributed by atoms with Crippen LogP contribution in [0.5, 0.6) is 0 Å². The SMILES string of the molecule is C=CCC(CC1CC1)C(=O)CC(C)(C)C. The number of rotatable bonds is 6. The molecule has 1 saturated carbocycles. The summed E-state index contributed by atoms with van der Waals surface area (Å²) in [7, 11) is 0. The van der Waals surface area contributed by atoms with Crippen LogP contribution in [0.15, 0.2) is 12.7 Å². The lowest BCUT2D eigenvalue weighted by atomic mass is 9.83. The molecule has 15 heavy (non-hydrogen) atoms. The molecule has 0 aromatic carbocycles. The first-order valence-electron chi connectivity index (χ1n) is 6.06. The van der Waals surface area contributed by atoms with Crippen LogP contribution in [-0.2, 0) is 4.79 Å². The normalized spacial score (nSPS) is 18.6. The number of carbonyl (C=O) groups excluding carboxylic acids is 1. The Labute approximate surface area is 93.9 Å². The molecule has 0 spiro atoms. The maximum Gasteiger partial charge on any atom is 0.136 e. The van der Waals surface area contributed by atoms with E-state index >= 15 is 0 Å². The number of carbonyl (C=O) groups is 1. The first kappa shape index (κ1) is 12.5. The quantitative estimate of drug-likeness (QED) is 0.603. The number of allylic oxidation sites excluding steroid dienone is 1. The van der Waals surface area contributed by atoms with E-state index < -0.39 is 0 Å². The number of hydrogen-bond donors (Lipinski definition) is 0. The van der Waals surface area contributed by atoms with Gasteiger partial charge in [0.05, 0.1) is 0 Å². The van der Waals surface area contributed by atoms with Crippen LogP contribution in [0.4, 0.5) is 0 Å². The van der Waals surface area contributed by atoms with Crippen molar-refractivity contribution in [3.05, 3.63) is 12.7 Å². The maximum atomic E-state index is 12.1. The Kier molecular flexibility index (Phi) is 4.12. The molecule has 1 unspecified atom stereocenters. The van der Waals surface area contributed by atoms with Crippen molar-refractivity contribution in [2.75, 3.05) is 0 Å². The van der Waals surface area contributed by atoms with Gasteiger partial charge in [0.2, 0.25) is 0 Å². The summed E-state index contributed by atoms with van der Waals surface area (Å²) in [5.41, 5.74) is 0.125. The molecule has 0 heterocycles. The van der Waals surface area contributed by atoms with Gasteiger partial charge in [-0.2, -0.15) is 0 Å². The van der Waals surface area contributed by atoms with Crippen LogP contribution in [0.25, 0.3) is 0 Å². The second kappa shape index (κ2) is 4.96. The highest BCUT2D eigenvalue weighted by Gasteiger charge is 2.30. The van der Waals surface area contributed by atoms with Crippen LogP contribution in [0.3, 0.4) is 0 Å². The van der Waals surface area contributed by atoms with Crippen LogP contribution >= 0.6 is 0 Å². The summed E-state index contributed by atoms with van der Waals surface area (Å²) in [6.45, 7) is 10.2. The molecule has 1 rings (SSSR count). The highest BCUT2D eigenvalue weighted by atomic mass is 16.1. The predicted octanol–water partition coefficient (Wildman–Crippen LogP) is 3.98. The van der Waals surface area contributed by atoms with Crippen molar-refractivity contribution in [3.8, 4) is 0 Å². The summed E-state index contributed by atoms with van der Waals surface area (Å²) in [5, 5.41) is 0. The zero-order valence-corrected chi connectivity index (χ0v) is 10.4. The summed E-state index contributed by atoms with van der Waals surface area (Å²) >= 11 is 0. The van der Waals surface area contributed by atoms with Gasteiger partial charge in [0, 0.05) is 12.3 Å². The van der Waals surface area contributed by atoms with Crippen molar-refractivity contribution in [1.29, 1.82) is 0 Å². The van der Waals surface area contributed by atoms with Crippen LogP contribution in [0.2, 0.25) is 0 Å². The summed E-state index contributed by atoms with van der Waals surface area (Å²) < 4.78 is 0. The Morgan fingerprint density at radius 3 is 2.47 bits per heavy atom. The highest BCUT2D eigenvalue weighted by molar-refractivity contribution is 5.81. The summed E-state index contributed by atoms with van der Waals surface area (Å²) in [6, 6.07) is 0. The molecule has 0 aromatic rings. The van der Waals surface area contributed by atoms with Crippen LogP contribution in [0, 0.1) is 17.3 Å². The van der Waals surface area contributed by atoms with E-state index in [0.717, 1.165) is 18.8 Å². The second-order valence-electron chi connectivity index (χ2n) is 6.10. The van der Waals surface area contributed by atoms with Crippen molar-refractivity contribution in [2.45, 2.75) is 52.9 Å². The molecule has 1 atom stereocenters. The van der Waals surface area contributed by atoms with E-state index in [1.807, 2.05) is 6.08 Å². The molecule has 0 aliphatic heterocycles. The van der Waals surface area contributed by atoms with Gasteiger partial charge in [-0.05, 0) is 24.2 Å². The molecule has 0 bridgehead atoms. The van der Waals surface area contributed by atoms with Gasteiger partial charge in [0.1, 0.15) is 5.78 Å². The summed E-state index contributed by atoms with van der Waals surface area (Å²) in [6.07, 6.45) is 7.23. The van der Waals surface area contributed by atoms with Gasteiger partial charge in [0.15, 0.2) is 0 Å². The van der Waals surface area contributed by atoms with Gasteiger partial charge < -0.3 is 0 Å². The largest absolute Gasteiger partial charge is 0.299 e. The van der Waals surface area contributed by atoms with E-state index in [0.29, 0.717) is 12.2 Å². The van der Waals surface area contributed by atoms with Gasteiger partial charge in [-0.3, -0.25) is 4.79 Å². The fourth-order valence-corrected chi connectivity index (χ4v) is 1.98. The molecule has 86 valence electrons. The molecular formula is C14H24O. The monoisotopic (exact) mass is 208 g/mol. The Hall–Kier alpha value is -0.590. The minimum absolute atomic E-state index is 0.125. The predicted molar refractivity (Wildman–Crippen MR) is 64.7 cm³/mol. The number of hydrogen-bond acceptors (Lipinski definition) is 1. The van der Waals surface area contributed by atoms with Crippen LogP contribution in [-0.4, -0.2) is 5.78 Å². The van der Waals surface area contributed by atoms with Gasteiger partial charge >= 0.3 is 0 Å². The second-order valence-corrected chi connectivity index (χ2v) is 6.10. The van der Waals surface area contributed by atoms with E-state index in [9.17, 15) is 4.79 Å². The molecule has 0 N–H and O–H groups in total. The van der Waals surface area contributed by atoms with E-state index in [1.54, 1.807) is 0 Å². The molecule has 1 heteroatoms. The molecule has 0 radical (unpaired) electrons. The molecule has 0 saturated heterocycles. The fraction of sp³-hybridized carbons (Fsp3) is 0.786. The molecule has 0 amide bonds. The lowest BCUT2D eigenvalue weighted by Gasteiger charge is -2.21. The summed E-state index contributed by atoms with van der Waals surface area (Å²) in [4.78, 5) is 12.1. The minimum Gasteiger partial charge on any atom is -0.299 e. The first-order chi connectivity index (χ1) is 6.92. The third kappa shape index (κ3) is 5.15.